The van der Waals surface area contributed by atoms with Crippen molar-refractivity contribution < 1.29 is 0 Å². The average molecular weight is 488 g/mol. The molecular formula is C37H29N. The van der Waals surface area contributed by atoms with Gasteiger partial charge in [0.15, 0.2) is 0 Å². The van der Waals surface area contributed by atoms with Crippen LogP contribution in [0.4, 0.5) is 0 Å². The minimum Gasteiger partial charge on any atom is -0.309 e. The number of hydrogen-bond acceptors (Lipinski definition) is 0. The Morgan fingerprint density at radius 2 is 1.21 bits per heavy atom. The summed E-state index contributed by atoms with van der Waals surface area (Å²) in [5.41, 5.74) is 10.2. The highest BCUT2D eigenvalue weighted by Crippen LogP contribution is 2.42. The largest absolute Gasteiger partial charge is 0.309 e. The molecule has 0 saturated heterocycles. The van der Waals surface area contributed by atoms with Gasteiger partial charge in [-0.15, -0.1) is 0 Å². The molecule has 1 nitrogen and oxygen atoms in total. The molecule has 1 aromatic heterocycles. The van der Waals surface area contributed by atoms with Crippen LogP contribution in [0.5, 0.6) is 0 Å². The van der Waals surface area contributed by atoms with Crippen LogP contribution < -0.4 is 0 Å². The second-order valence-electron chi connectivity index (χ2n) is 10.2. The lowest BCUT2D eigenvalue weighted by atomic mass is 9.76. The van der Waals surface area contributed by atoms with Gasteiger partial charge in [0.1, 0.15) is 0 Å². The van der Waals surface area contributed by atoms with Crippen molar-refractivity contribution in [2.24, 2.45) is 0 Å². The van der Waals surface area contributed by atoms with E-state index in [1.165, 1.54) is 55.3 Å². The van der Waals surface area contributed by atoms with Crippen LogP contribution in [0.3, 0.4) is 0 Å². The molecule has 182 valence electrons. The van der Waals surface area contributed by atoms with Gasteiger partial charge in [0.2, 0.25) is 0 Å². The van der Waals surface area contributed by atoms with Crippen LogP contribution in [0, 0.1) is 6.92 Å². The highest BCUT2D eigenvalue weighted by atomic mass is 15.0. The van der Waals surface area contributed by atoms with Crippen molar-refractivity contribution in [2.45, 2.75) is 18.8 Å². The monoisotopic (exact) mass is 487 g/mol. The molecule has 0 amide bonds. The molecule has 1 heterocycles. The summed E-state index contributed by atoms with van der Waals surface area (Å²) in [6, 6.07) is 44.3. The van der Waals surface area contributed by atoms with Gasteiger partial charge < -0.3 is 4.57 Å². The van der Waals surface area contributed by atoms with Gasteiger partial charge in [0, 0.05) is 28.3 Å². The van der Waals surface area contributed by atoms with Crippen LogP contribution in [-0.4, -0.2) is 4.57 Å². The molecule has 0 N–H and O–H groups in total. The van der Waals surface area contributed by atoms with Gasteiger partial charge in [0.05, 0.1) is 11.0 Å². The first-order valence-corrected chi connectivity index (χ1v) is 13.4. The van der Waals surface area contributed by atoms with Crippen molar-refractivity contribution in [3.63, 3.8) is 0 Å². The van der Waals surface area contributed by atoms with Crippen LogP contribution in [-0.2, 0) is 0 Å². The topological polar surface area (TPSA) is 4.93 Å². The van der Waals surface area contributed by atoms with E-state index in [1.807, 2.05) is 0 Å². The summed E-state index contributed by atoms with van der Waals surface area (Å²) in [5, 5.41) is 2.57. The van der Waals surface area contributed by atoms with Crippen LogP contribution in [0.1, 0.15) is 28.5 Å². The number of benzene rings is 5. The second-order valence-corrected chi connectivity index (χ2v) is 10.2. The summed E-state index contributed by atoms with van der Waals surface area (Å²) in [5.74, 6) is 0.580. The van der Waals surface area contributed by atoms with Crippen molar-refractivity contribution in [1.29, 1.82) is 0 Å². The SMILES string of the molecule is Cc1cccc(C2C=CC=CC2c2ccccc2-c2cccc(-n3c4ccccc4c4ccccc43)c2)c1. The number of para-hydroxylation sites is 2. The van der Waals surface area contributed by atoms with Gasteiger partial charge in [-0.25, -0.2) is 0 Å². The Hall–Kier alpha value is -4.62. The molecule has 38 heavy (non-hydrogen) atoms. The molecule has 2 atom stereocenters. The zero-order chi connectivity index (χ0) is 25.5. The van der Waals surface area contributed by atoms with E-state index in [9.17, 15) is 0 Å². The highest BCUT2D eigenvalue weighted by Gasteiger charge is 2.25. The van der Waals surface area contributed by atoms with E-state index in [0.29, 0.717) is 5.92 Å². The molecule has 0 spiro atoms. The Bertz CT molecular complexity index is 1790. The van der Waals surface area contributed by atoms with Gasteiger partial charge in [0.25, 0.3) is 0 Å². The minimum absolute atomic E-state index is 0.273. The molecule has 5 aromatic carbocycles. The summed E-state index contributed by atoms with van der Waals surface area (Å²) >= 11 is 0. The molecule has 7 rings (SSSR count). The molecule has 2 unspecified atom stereocenters. The first-order valence-electron chi connectivity index (χ1n) is 13.4. The van der Waals surface area contributed by atoms with Crippen LogP contribution in [0.2, 0.25) is 0 Å². The van der Waals surface area contributed by atoms with Gasteiger partial charge in [-0.05, 0) is 53.4 Å². The Labute approximate surface area is 224 Å². The standard InChI is InChI=1S/C37H29N/c1-26-12-10-13-27(24-26)30-16-2-4-18-32(30)33-19-5-3-17-31(33)28-14-11-15-29(25-28)38-36-22-8-6-20-34(36)35-21-7-9-23-37(35)38/h2-25,30,32H,1H3. The number of hydrogen-bond donors (Lipinski definition) is 0. The van der Waals surface area contributed by atoms with Crippen LogP contribution in [0.25, 0.3) is 38.6 Å². The third-order valence-electron chi connectivity index (χ3n) is 7.88. The summed E-state index contributed by atoms with van der Waals surface area (Å²) < 4.78 is 2.40. The summed E-state index contributed by atoms with van der Waals surface area (Å²) in [4.78, 5) is 0. The third-order valence-corrected chi connectivity index (χ3v) is 7.88. The van der Waals surface area contributed by atoms with E-state index >= 15 is 0 Å². The predicted octanol–water partition coefficient (Wildman–Crippen LogP) is 9.75. The van der Waals surface area contributed by atoms with E-state index in [-0.39, 0.29) is 5.92 Å². The fraction of sp³-hybridized carbons (Fsp3) is 0.0811. The molecule has 1 heteroatoms. The van der Waals surface area contributed by atoms with Crippen molar-refractivity contribution in [3.8, 4) is 16.8 Å². The molecule has 0 saturated carbocycles. The first kappa shape index (κ1) is 22.6. The number of nitrogens with zero attached hydrogens (tertiary/aromatic N) is 1. The highest BCUT2D eigenvalue weighted by molar-refractivity contribution is 6.09. The lowest BCUT2D eigenvalue weighted by molar-refractivity contribution is 0.730. The Balaban J connectivity index is 1.37. The van der Waals surface area contributed by atoms with Crippen molar-refractivity contribution >= 4 is 21.8 Å². The average Bonchev–Trinajstić information content (AvgIpc) is 3.32. The molecule has 0 fully saturated rings. The number of rotatable bonds is 4. The number of allylic oxidation sites excluding steroid dienone is 4. The minimum atomic E-state index is 0.273. The molecule has 1 aliphatic carbocycles. The maximum absolute atomic E-state index is 2.40. The smallest absolute Gasteiger partial charge is 0.0541 e. The van der Waals surface area contributed by atoms with Crippen LogP contribution in [0.15, 0.2) is 146 Å². The van der Waals surface area contributed by atoms with Crippen molar-refractivity contribution in [1.82, 2.24) is 4.57 Å². The maximum Gasteiger partial charge on any atom is 0.0541 e. The molecular weight excluding hydrogens is 458 g/mol. The van der Waals surface area contributed by atoms with E-state index in [0.717, 1.165) is 0 Å². The molecule has 0 bridgehead atoms. The van der Waals surface area contributed by atoms with E-state index in [2.05, 4.69) is 157 Å². The molecule has 0 radical (unpaired) electrons. The van der Waals surface area contributed by atoms with E-state index < -0.39 is 0 Å². The number of aromatic nitrogens is 1. The van der Waals surface area contributed by atoms with Crippen molar-refractivity contribution in [2.75, 3.05) is 0 Å². The second kappa shape index (κ2) is 9.36. The first-order chi connectivity index (χ1) is 18.8. The zero-order valence-electron chi connectivity index (χ0n) is 21.5. The van der Waals surface area contributed by atoms with E-state index in [4.69, 9.17) is 0 Å². The fourth-order valence-corrected chi connectivity index (χ4v) is 6.16. The van der Waals surface area contributed by atoms with Crippen LogP contribution >= 0.6 is 0 Å². The van der Waals surface area contributed by atoms with Gasteiger partial charge in [-0.1, -0.05) is 127 Å². The third kappa shape index (κ3) is 3.79. The Kier molecular flexibility index (Phi) is 5.56. The normalized spacial score (nSPS) is 16.9. The zero-order valence-corrected chi connectivity index (χ0v) is 21.5. The number of aryl methyl sites for hydroxylation is 1. The summed E-state index contributed by atoms with van der Waals surface area (Å²) in [6.45, 7) is 2.18. The summed E-state index contributed by atoms with van der Waals surface area (Å²) in [7, 11) is 0. The van der Waals surface area contributed by atoms with Gasteiger partial charge >= 0.3 is 0 Å². The quantitative estimate of drug-likeness (QED) is 0.233. The maximum atomic E-state index is 2.40. The molecule has 1 aliphatic rings. The van der Waals surface area contributed by atoms with E-state index in [1.54, 1.807) is 0 Å². The Morgan fingerprint density at radius 3 is 1.97 bits per heavy atom. The van der Waals surface area contributed by atoms with Crippen molar-refractivity contribution in [3.05, 3.63) is 162 Å². The molecule has 0 aliphatic heterocycles. The predicted molar refractivity (Wildman–Crippen MR) is 161 cm³/mol. The Morgan fingerprint density at radius 1 is 0.553 bits per heavy atom. The lowest BCUT2D eigenvalue weighted by Crippen LogP contribution is -2.11. The lowest BCUT2D eigenvalue weighted by Gasteiger charge is -2.27. The van der Waals surface area contributed by atoms with Gasteiger partial charge in [-0.3, -0.25) is 0 Å². The van der Waals surface area contributed by atoms with Gasteiger partial charge in [-0.2, -0.15) is 0 Å². The fourth-order valence-electron chi connectivity index (χ4n) is 6.16. The number of fused-ring (bicyclic) bond motifs is 3. The molecule has 6 aromatic rings. The summed E-state index contributed by atoms with van der Waals surface area (Å²) in [6.07, 6.45) is 9.10.